The van der Waals surface area contributed by atoms with Gasteiger partial charge in [0.05, 0.1) is 18.4 Å². The molecule has 0 aliphatic rings. The fourth-order valence-corrected chi connectivity index (χ4v) is 1.30. The Kier molecular flexibility index (Phi) is 4.51. The summed E-state index contributed by atoms with van der Waals surface area (Å²) in [6.45, 7) is 3.71. The highest BCUT2D eigenvalue weighted by Crippen LogP contribution is 2.15. The molecule has 0 aromatic heterocycles. The van der Waals surface area contributed by atoms with Crippen LogP contribution in [0.3, 0.4) is 0 Å². The van der Waals surface area contributed by atoms with E-state index < -0.39 is 5.97 Å². The van der Waals surface area contributed by atoms with Crippen molar-refractivity contribution in [3.05, 3.63) is 29.8 Å². The minimum atomic E-state index is -0.481. The molecule has 0 aliphatic heterocycles. The fourth-order valence-electron chi connectivity index (χ4n) is 1.30. The third kappa shape index (κ3) is 3.79. The molecule has 1 rings (SSSR count). The number of para-hydroxylation sites is 1. The molecule has 0 unspecified atom stereocenters. The predicted octanol–water partition coefficient (Wildman–Crippen LogP) is 2.00. The van der Waals surface area contributed by atoms with E-state index in [0.717, 1.165) is 0 Å². The molecule has 0 saturated heterocycles. The van der Waals surface area contributed by atoms with E-state index in [4.69, 9.17) is 0 Å². The van der Waals surface area contributed by atoms with Crippen LogP contribution in [-0.4, -0.2) is 25.2 Å². The van der Waals surface area contributed by atoms with Crippen molar-refractivity contribution in [3.8, 4) is 0 Å². The number of methoxy groups -OCH3 is 1. The Balaban J connectivity index is 2.83. The van der Waals surface area contributed by atoms with Crippen LogP contribution in [0.4, 0.5) is 10.5 Å². The molecule has 2 amide bonds. The van der Waals surface area contributed by atoms with Gasteiger partial charge in [0.1, 0.15) is 0 Å². The van der Waals surface area contributed by atoms with Crippen LogP contribution in [0, 0.1) is 0 Å². The topological polar surface area (TPSA) is 67.4 Å². The maximum atomic E-state index is 11.5. The Morgan fingerprint density at radius 1 is 1.24 bits per heavy atom. The molecule has 17 heavy (non-hydrogen) atoms. The van der Waals surface area contributed by atoms with E-state index in [0.29, 0.717) is 11.3 Å². The molecular formula is C12H16N2O3. The Bertz CT molecular complexity index is 416. The van der Waals surface area contributed by atoms with Gasteiger partial charge >= 0.3 is 12.0 Å². The van der Waals surface area contributed by atoms with Gasteiger partial charge in [0, 0.05) is 6.04 Å². The summed E-state index contributed by atoms with van der Waals surface area (Å²) in [4.78, 5) is 23.0. The molecule has 0 aliphatic carbocycles. The highest BCUT2D eigenvalue weighted by molar-refractivity contribution is 6.00. The van der Waals surface area contributed by atoms with Crippen LogP contribution in [0.1, 0.15) is 24.2 Å². The van der Waals surface area contributed by atoms with E-state index in [-0.39, 0.29) is 12.1 Å². The lowest BCUT2D eigenvalue weighted by molar-refractivity contribution is 0.0602. The van der Waals surface area contributed by atoms with Crippen LogP contribution in [0.25, 0.3) is 0 Å². The zero-order valence-corrected chi connectivity index (χ0v) is 10.1. The van der Waals surface area contributed by atoms with Gasteiger partial charge < -0.3 is 15.4 Å². The van der Waals surface area contributed by atoms with Crippen molar-refractivity contribution in [2.24, 2.45) is 0 Å². The van der Waals surface area contributed by atoms with Gasteiger partial charge in [0.15, 0.2) is 0 Å². The highest BCUT2D eigenvalue weighted by Gasteiger charge is 2.13. The smallest absolute Gasteiger partial charge is 0.339 e. The number of carbonyl (C=O) groups is 2. The minimum absolute atomic E-state index is 0.0280. The van der Waals surface area contributed by atoms with Crippen LogP contribution in [0.15, 0.2) is 24.3 Å². The van der Waals surface area contributed by atoms with E-state index in [1.165, 1.54) is 7.11 Å². The number of urea groups is 1. The number of benzene rings is 1. The maximum absolute atomic E-state index is 11.5. The number of esters is 1. The Labute approximate surface area is 100 Å². The van der Waals surface area contributed by atoms with Crippen LogP contribution in [0.2, 0.25) is 0 Å². The van der Waals surface area contributed by atoms with Crippen molar-refractivity contribution < 1.29 is 14.3 Å². The molecular weight excluding hydrogens is 220 g/mol. The van der Waals surface area contributed by atoms with E-state index in [2.05, 4.69) is 15.4 Å². The van der Waals surface area contributed by atoms with E-state index in [1.807, 2.05) is 13.8 Å². The second-order valence-electron chi connectivity index (χ2n) is 3.79. The van der Waals surface area contributed by atoms with E-state index >= 15 is 0 Å². The summed E-state index contributed by atoms with van der Waals surface area (Å²) in [5.41, 5.74) is 0.756. The molecule has 1 aromatic rings. The van der Waals surface area contributed by atoms with Gasteiger partial charge in [0.2, 0.25) is 0 Å². The number of hydrogen-bond donors (Lipinski definition) is 2. The monoisotopic (exact) mass is 236 g/mol. The Hall–Kier alpha value is -2.04. The minimum Gasteiger partial charge on any atom is -0.465 e. The summed E-state index contributed by atoms with van der Waals surface area (Å²) < 4.78 is 4.63. The molecule has 0 fully saturated rings. The standard InChI is InChI=1S/C12H16N2O3/c1-8(2)13-12(16)14-10-7-5-4-6-9(10)11(15)17-3/h4-8H,1-3H3,(H2,13,14,16). The van der Waals surface area contributed by atoms with Crippen LogP contribution in [-0.2, 0) is 4.74 Å². The predicted molar refractivity (Wildman–Crippen MR) is 65.1 cm³/mol. The van der Waals surface area contributed by atoms with Crippen molar-refractivity contribution in [1.82, 2.24) is 5.32 Å². The maximum Gasteiger partial charge on any atom is 0.339 e. The lowest BCUT2D eigenvalue weighted by atomic mass is 10.2. The molecule has 0 radical (unpaired) electrons. The Morgan fingerprint density at radius 3 is 2.47 bits per heavy atom. The van der Waals surface area contributed by atoms with Crippen molar-refractivity contribution in [2.45, 2.75) is 19.9 Å². The van der Waals surface area contributed by atoms with Crippen LogP contribution < -0.4 is 10.6 Å². The van der Waals surface area contributed by atoms with Gasteiger partial charge in [-0.05, 0) is 26.0 Å². The quantitative estimate of drug-likeness (QED) is 0.789. The lowest BCUT2D eigenvalue weighted by Gasteiger charge is -2.12. The van der Waals surface area contributed by atoms with Gasteiger partial charge in [0.25, 0.3) is 0 Å². The first kappa shape index (κ1) is 13.0. The van der Waals surface area contributed by atoms with Gasteiger partial charge in [-0.2, -0.15) is 0 Å². The molecule has 2 N–H and O–H groups in total. The second kappa shape index (κ2) is 5.89. The SMILES string of the molecule is COC(=O)c1ccccc1NC(=O)NC(C)C. The largest absolute Gasteiger partial charge is 0.465 e. The lowest BCUT2D eigenvalue weighted by Crippen LogP contribution is -2.34. The summed E-state index contributed by atoms with van der Waals surface area (Å²) in [5.74, 6) is -0.481. The fraction of sp³-hybridized carbons (Fsp3) is 0.333. The second-order valence-corrected chi connectivity index (χ2v) is 3.79. The normalized spacial score (nSPS) is 9.88. The molecule has 0 atom stereocenters. The molecule has 0 spiro atoms. The molecule has 5 heteroatoms. The van der Waals surface area contributed by atoms with Gasteiger partial charge in [-0.15, -0.1) is 0 Å². The van der Waals surface area contributed by atoms with Crippen molar-refractivity contribution >= 4 is 17.7 Å². The van der Waals surface area contributed by atoms with E-state index in [9.17, 15) is 9.59 Å². The van der Waals surface area contributed by atoms with Crippen LogP contribution in [0.5, 0.6) is 0 Å². The van der Waals surface area contributed by atoms with Crippen LogP contribution >= 0.6 is 0 Å². The summed E-state index contributed by atoms with van der Waals surface area (Å²) in [5, 5.41) is 5.28. The molecule has 5 nitrogen and oxygen atoms in total. The number of rotatable bonds is 3. The zero-order chi connectivity index (χ0) is 12.8. The van der Waals surface area contributed by atoms with Gasteiger partial charge in [-0.25, -0.2) is 9.59 Å². The first-order valence-electron chi connectivity index (χ1n) is 5.29. The average molecular weight is 236 g/mol. The molecule has 0 saturated carbocycles. The molecule has 92 valence electrons. The third-order valence-electron chi connectivity index (χ3n) is 2.00. The number of amides is 2. The van der Waals surface area contributed by atoms with Crippen molar-refractivity contribution in [3.63, 3.8) is 0 Å². The van der Waals surface area contributed by atoms with Gasteiger partial charge in [-0.1, -0.05) is 12.1 Å². The molecule has 0 bridgehead atoms. The summed E-state index contributed by atoms with van der Waals surface area (Å²) in [6, 6.07) is 6.36. The highest BCUT2D eigenvalue weighted by atomic mass is 16.5. The number of hydrogen-bond acceptors (Lipinski definition) is 3. The molecule has 0 heterocycles. The number of carbonyl (C=O) groups excluding carboxylic acids is 2. The average Bonchev–Trinajstić information content (AvgIpc) is 2.27. The molecule has 1 aromatic carbocycles. The first-order chi connectivity index (χ1) is 8.04. The summed E-state index contributed by atoms with van der Waals surface area (Å²) >= 11 is 0. The third-order valence-corrected chi connectivity index (χ3v) is 2.00. The number of nitrogens with one attached hydrogen (secondary N) is 2. The first-order valence-corrected chi connectivity index (χ1v) is 5.29. The Morgan fingerprint density at radius 2 is 1.88 bits per heavy atom. The summed E-state index contributed by atoms with van der Waals surface area (Å²) in [6.07, 6.45) is 0. The summed E-state index contributed by atoms with van der Waals surface area (Å²) in [7, 11) is 1.30. The van der Waals surface area contributed by atoms with Crippen molar-refractivity contribution in [2.75, 3.05) is 12.4 Å². The number of ether oxygens (including phenoxy) is 1. The van der Waals surface area contributed by atoms with E-state index in [1.54, 1.807) is 24.3 Å². The number of anilines is 1. The van der Waals surface area contributed by atoms with Gasteiger partial charge in [-0.3, -0.25) is 0 Å². The zero-order valence-electron chi connectivity index (χ0n) is 10.1. The van der Waals surface area contributed by atoms with Crippen molar-refractivity contribution in [1.29, 1.82) is 0 Å².